The minimum absolute atomic E-state index is 0.144. The minimum Gasteiger partial charge on any atom is -0.460 e. The van der Waals surface area contributed by atoms with Gasteiger partial charge in [0.05, 0.1) is 6.42 Å². The molecular weight excluding hydrogens is 188 g/mol. The average Bonchev–Trinajstić information content (AvgIpc) is 2.08. The molecule has 0 aromatic rings. The molecule has 0 N–H and O–H groups in total. The Morgan fingerprint density at radius 1 is 1.20 bits per heavy atom. The van der Waals surface area contributed by atoms with E-state index in [0.717, 1.165) is 6.42 Å². The highest BCUT2D eigenvalue weighted by Crippen LogP contribution is 2.08. The van der Waals surface area contributed by atoms with Crippen LogP contribution < -0.4 is 0 Å². The van der Waals surface area contributed by atoms with Crippen LogP contribution in [0.15, 0.2) is 12.2 Å². The molecule has 0 aliphatic heterocycles. The molecule has 0 aromatic carbocycles. The number of rotatable bonds is 6. The van der Waals surface area contributed by atoms with E-state index >= 15 is 0 Å². The second kappa shape index (κ2) is 7.49. The first-order valence-corrected chi connectivity index (χ1v) is 5.82. The van der Waals surface area contributed by atoms with Crippen LogP contribution in [0.25, 0.3) is 0 Å². The number of allylic oxidation sites excluding steroid dienone is 1. The molecule has 0 spiro atoms. The third-order valence-corrected chi connectivity index (χ3v) is 1.85. The predicted molar refractivity (Wildman–Crippen MR) is 63.7 cm³/mol. The van der Waals surface area contributed by atoms with E-state index in [4.69, 9.17) is 4.74 Å². The van der Waals surface area contributed by atoms with Gasteiger partial charge >= 0.3 is 5.97 Å². The van der Waals surface area contributed by atoms with E-state index in [-0.39, 0.29) is 11.6 Å². The van der Waals surface area contributed by atoms with Crippen molar-refractivity contribution >= 4 is 5.97 Å². The zero-order chi connectivity index (χ0) is 11.7. The van der Waals surface area contributed by atoms with Gasteiger partial charge in [-0.1, -0.05) is 31.9 Å². The van der Waals surface area contributed by atoms with Crippen LogP contribution in [0.4, 0.5) is 0 Å². The van der Waals surface area contributed by atoms with Gasteiger partial charge in [0.25, 0.3) is 0 Å². The van der Waals surface area contributed by atoms with E-state index < -0.39 is 0 Å². The number of ether oxygens (including phenoxy) is 1. The highest BCUT2D eigenvalue weighted by atomic mass is 16.6. The number of hydrogen-bond acceptors (Lipinski definition) is 2. The Morgan fingerprint density at radius 3 is 2.40 bits per heavy atom. The second-order valence-corrected chi connectivity index (χ2v) is 4.76. The Balaban J connectivity index is 3.54. The summed E-state index contributed by atoms with van der Waals surface area (Å²) in [5.41, 5.74) is -0.368. The van der Waals surface area contributed by atoms with Crippen molar-refractivity contribution in [2.45, 2.75) is 65.4 Å². The van der Waals surface area contributed by atoms with Gasteiger partial charge in [-0.25, -0.2) is 0 Å². The number of esters is 1. The molecule has 0 amide bonds. The molecule has 88 valence electrons. The van der Waals surface area contributed by atoms with Crippen LogP contribution in [0.1, 0.15) is 59.8 Å². The van der Waals surface area contributed by atoms with Crippen molar-refractivity contribution in [2.24, 2.45) is 0 Å². The minimum atomic E-state index is -0.368. The Bertz CT molecular complexity index is 199. The highest BCUT2D eigenvalue weighted by molar-refractivity contribution is 5.71. The molecule has 2 nitrogen and oxygen atoms in total. The molecule has 0 aliphatic rings. The lowest BCUT2D eigenvalue weighted by molar-refractivity contribution is -0.153. The normalized spacial score (nSPS) is 12.0. The maximum atomic E-state index is 11.3. The number of unbranched alkanes of at least 4 members (excludes halogenated alkanes) is 3. The van der Waals surface area contributed by atoms with Gasteiger partial charge in [0.2, 0.25) is 0 Å². The number of carbonyl (C=O) groups is 1. The van der Waals surface area contributed by atoms with Gasteiger partial charge in [-0.3, -0.25) is 4.79 Å². The predicted octanol–water partition coefficient (Wildman–Crippen LogP) is 3.85. The highest BCUT2D eigenvalue weighted by Gasteiger charge is 2.14. The second-order valence-electron chi connectivity index (χ2n) is 4.76. The lowest BCUT2D eigenvalue weighted by Crippen LogP contribution is -2.23. The van der Waals surface area contributed by atoms with Crippen LogP contribution in [0.2, 0.25) is 0 Å². The maximum Gasteiger partial charge on any atom is 0.310 e. The summed E-state index contributed by atoms with van der Waals surface area (Å²) in [6.07, 6.45) is 9.14. The lowest BCUT2D eigenvalue weighted by Gasteiger charge is -2.18. The van der Waals surface area contributed by atoms with Crippen LogP contribution in [0, 0.1) is 0 Å². The topological polar surface area (TPSA) is 26.3 Å². The molecule has 0 saturated heterocycles. The Hall–Kier alpha value is -0.790. The van der Waals surface area contributed by atoms with Crippen molar-refractivity contribution in [3.05, 3.63) is 12.2 Å². The first-order valence-electron chi connectivity index (χ1n) is 5.82. The standard InChI is InChI=1S/C13H24O2/c1-5-6-7-8-9-10-11-12(14)15-13(2,3)4/h9-10H,5-8,11H2,1-4H3. The van der Waals surface area contributed by atoms with Crippen molar-refractivity contribution in [3.63, 3.8) is 0 Å². The zero-order valence-corrected chi connectivity index (χ0v) is 10.5. The molecule has 0 aromatic heterocycles. The number of hydrogen-bond donors (Lipinski definition) is 0. The summed E-state index contributed by atoms with van der Waals surface area (Å²) in [4.78, 5) is 11.3. The SMILES string of the molecule is CCCCCC=CCC(=O)OC(C)(C)C. The van der Waals surface area contributed by atoms with Crippen LogP contribution in [0.5, 0.6) is 0 Å². The van der Waals surface area contributed by atoms with E-state index in [0.29, 0.717) is 6.42 Å². The van der Waals surface area contributed by atoms with Gasteiger partial charge in [-0.05, 0) is 33.6 Å². The van der Waals surface area contributed by atoms with Crippen LogP contribution in [0.3, 0.4) is 0 Å². The third-order valence-electron chi connectivity index (χ3n) is 1.85. The van der Waals surface area contributed by atoms with Gasteiger partial charge in [-0.15, -0.1) is 0 Å². The molecule has 0 unspecified atom stereocenters. The molecule has 0 rings (SSSR count). The molecular formula is C13H24O2. The molecule has 15 heavy (non-hydrogen) atoms. The van der Waals surface area contributed by atoms with E-state index in [9.17, 15) is 4.79 Å². The smallest absolute Gasteiger partial charge is 0.310 e. The monoisotopic (exact) mass is 212 g/mol. The van der Waals surface area contributed by atoms with Crippen molar-refractivity contribution in [1.82, 2.24) is 0 Å². The molecule has 2 heteroatoms. The van der Waals surface area contributed by atoms with Crippen molar-refractivity contribution in [1.29, 1.82) is 0 Å². The van der Waals surface area contributed by atoms with Gasteiger partial charge < -0.3 is 4.74 Å². The summed E-state index contributed by atoms with van der Waals surface area (Å²) in [5.74, 6) is -0.144. The Kier molecular flexibility index (Phi) is 7.10. The van der Waals surface area contributed by atoms with E-state index in [1.807, 2.05) is 26.8 Å². The van der Waals surface area contributed by atoms with Gasteiger partial charge in [0.1, 0.15) is 5.60 Å². The molecule has 0 fully saturated rings. The van der Waals surface area contributed by atoms with Crippen LogP contribution in [-0.4, -0.2) is 11.6 Å². The van der Waals surface area contributed by atoms with E-state index in [1.54, 1.807) is 0 Å². The molecule has 0 aliphatic carbocycles. The molecule has 0 atom stereocenters. The molecule has 0 heterocycles. The lowest BCUT2D eigenvalue weighted by atomic mass is 10.2. The largest absolute Gasteiger partial charge is 0.460 e. The van der Waals surface area contributed by atoms with Crippen molar-refractivity contribution in [3.8, 4) is 0 Å². The van der Waals surface area contributed by atoms with Crippen molar-refractivity contribution in [2.75, 3.05) is 0 Å². The maximum absolute atomic E-state index is 11.3. The molecule has 0 saturated carbocycles. The fourth-order valence-electron chi connectivity index (χ4n) is 1.19. The first kappa shape index (κ1) is 14.2. The summed E-state index contributed by atoms with van der Waals surface area (Å²) in [6, 6.07) is 0. The Labute approximate surface area is 93.7 Å². The van der Waals surface area contributed by atoms with Crippen LogP contribution >= 0.6 is 0 Å². The van der Waals surface area contributed by atoms with E-state index in [2.05, 4.69) is 13.0 Å². The van der Waals surface area contributed by atoms with Gasteiger partial charge in [0, 0.05) is 0 Å². The quantitative estimate of drug-likeness (QED) is 0.380. The van der Waals surface area contributed by atoms with Gasteiger partial charge in [-0.2, -0.15) is 0 Å². The zero-order valence-electron chi connectivity index (χ0n) is 10.5. The summed E-state index contributed by atoms with van der Waals surface area (Å²) < 4.78 is 5.18. The van der Waals surface area contributed by atoms with E-state index in [1.165, 1.54) is 19.3 Å². The van der Waals surface area contributed by atoms with Crippen molar-refractivity contribution < 1.29 is 9.53 Å². The molecule has 0 bridgehead atoms. The summed E-state index contributed by atoms with van der Waals surface area (Å²) in [6.45, 7) is 7.84. The summed E-state index contributed by atoms with van der Waals surface area (Å²) in [7, 11) is 0. The number of carbonyl (C=O) groups excluding carboxylic acids is 1. The first-order chi connectivity index (χ1) is 6.95. The average molecular weight is 212 g/mol. The fourth-order valence-corrected chi connectivity index (χ4v) is 1.19. The van der Waals surface area contributed by atoms with Crippen LogP contribution in [-0.2, 0) is 9.53 Å². The summed E-state index contributed by atoms with van der Waals surface area (Å²) in [5, 5.41) is 0. The Morgan fingerprint density at radius 2 is 1.87 bits per heavy atom. The molecule has 0 radical (unpaired) electrons. The van der Waals surface area contributed by atoms with Gasteiger partial charge in [0.15, 0.2) is 0 Å². The third kappa shape index (κ3) is 11.1. The summed E-state index contributed by atoms with van der Waals surface area (Å²) >= 11 is 0. The fraction of sp³-hybridized carbons (Fsp3) is 0.769.